The number of hydrogen-bond acceptors (Lipinski definition) is 4. The van der Waals surface area contributed by atoms with E-state index in [-0.39, 0.29) is 12.3 Å². The molecule has 5 heteroatoms. The van der Waals surface area contributed by atoms with E-state index >= 15 is 0 Å². The summed E-state index contributed by atoms with van der Waals surface area (Å²) < 4.78 is 10.5. The molecule has 0 aliphatic rings. The van der Waals surface area contributed by atoms with Crippen LogP contribution in [0.1, 0.15) is 31.7 Å². The summed E-state index contributed by atoms with van der Waals surface area (Å²) >= 11 is 0. The second-order valence-electron chi connectivity index (χ2n) is 5.08. The van der Waals surface area contributed by atoms with E-state index in [0.29, 0.717) is 11.5 Å². The quantitative estimate of drug-likeness (QED) is 0.823. The first-order valence-electron chi connectivity index (χ1n) is 6.02. The van der Waals surface area contributed by atoms with Gasteiger partial charge < -0.3 is 20.3 Å². The van der Waals surface area contributed by atoms with Gasteiger partial charge in [0.15, 0.2) is 0 Å². The number of hydrogen-bond donors (Lipinski definition) is 2. The van der Waals surface area contributed by atoms with E-state index in [2.05, 4.69) is 0 Å². The number of benzene rings is 1. The van der Waals surface area contributed by atoms with Crippen LogP contribution in [0.3, 0.4) is 0 Å². The molecule has 106 valence electrons. The SMILES string of the molecule is COc1ccc(OC)c(C(CC(=O)O)C(C)(C)N)c1. The Morgan fingerprint density at radius 1 is 1.37 bits per heavy atom. The largest absolute Gasteiger partial charge is 0.497 e. The third kappa shape index (κ3) is 3.86. The third-order valence-electron chi connectivity index (χ3n) is 3.09. The second-order valence-corrected chi connectivity index (χ2v) is 5.08. The van der Waals surface area contributed by atoms with Crippen molar-refractivity contribution >= 4 is 5.97 Å². The summed E-state index contributed by atoms with van der Waals surface area (Å²) in [6, 6.07) is 5.31. The molecule has 19 heavy (non-hydrogen) atoms. The predicted molar refractivity (Wildman–Crippen MR) is 72.8 cm³/mol. The Hall–Kier alpha value is -1.75. The van der Waals surface area contributed by atoms with Crippen molar-refractivity contribution < 1.29 is 19.4 Å². The van der Waals surface area contributed by atoms with Gasteiger partial charge in [0.05, 0.1) is 20.6 Å². The number of rotatable bonds is 6. The molecule has 0 saturated heterocycles. The van der Waals surface area contributed by atoms with Crippen LogP contribution in [-0.4, -0.2) is 30.8 Å². The van der Waals surface area contributed by atoms with Gasteiger partial charge in [0, 0.05) is 17.0 Å². The highest BCUT2D eigenvalue weighted by Crippen LogP contribution is 2.37. The molecule has 0 aliphatic carbocycles. The first kappa shape index (κ1) is 15.3. The van der Waals surface area contributed by atoms with Crippen molar-refractivity contribution in [3.8, 4) is 11.5 Å². The van der Waals surface area contributed by atoms with Gasteiger partial charge in [0.25, 0.3) is 0 Å². The molecule has 0 bridgehead atoms. The number of aliphatic carboxylic acids is 1. The van der Waals surface area contributed by atoms with Crippen LogP contribution in [0.2, 0.25) is 0 Å². The van der Waals surface area contributed by atoms with Crippen molar-refractivity contribution in [2.75, 3.05) is 14.2 Å². The average Bonchev–Trinajstić information content (AvgIpc) is 2.33. The number of carbonyl (C=O) groups is 1. The van der Waals surface area contributed by atoms with E-state index in [1.165, 1.54) is 0 Å². The molecule has 0 saturated carbocycles. The highest BCUT2D eigenvalue weighted by molar-refractivity contribution is 5.69. The lowest BCUT2D eigenvalue weighted by Gasteiger charge is -2.31. The van der Waals surface area contributed by atoms with Crippen LogP contribution >= 0.6 is 0 Å². The van der Waals surface area contributed by atoms with Crippen LogP contribution in [0, 0.1) is 0 Å². The summed E-state index contributed by atoms with van der Waals surface area (Å²) in [4.78, 5) is 11.1. The molecular weight excluding hydrogens is 246 g/mol. The van der Waals surface area contributed by atoms with Crippen molar-refractivity contribution in [3.63, 3.8) is 0 Å². The Bertz CT molecular complexity index is 451. The molecule has 0 aliphatic heterocycles. The maximum atomic E-state index is 11.1. The number of nitrogens with two attached hydrogens (primary N) is 1. The molecule has 3 N–H and O–H groups in total. The lowest BCUT2D eigenvalue weighted by molar-refractivity contribution is -0.137. The lowest BCUT2D eigenvalue weighted by Crippen LogP contribution is -2.40. The molecule has 0 amide bonds. The molecule has 0 spiro atoms. The maximum absolute atomic E-state index is 11.1. The molecule has 0 aromatic heterocycles. The summed E-state index contributed by atoms with van der Waals surface area (Å²) in [5.41, 5.74) is 6.18. The van der Waals surface area contributed by atoms with Gasteiger partial charge in [0.2, 0.25) is 0 Å². The smallest absolute Gasteiger partial charge is 0.304 e. The minimum atomic E-state index is -0.895. The molecule has 1 unspecified atom stereocenters. The minimum absolute atomic E-state index is 0.0625. The van der Waals surface area contributed by atoms with Gasteiger partial charge >= 0.3 is 5.97 Å². The molecule has 0 heterocycles. The minimum Gasteiger partial charge on any atom is -0.497 e. The maximum Gasteiger partial charge on any atom is 0.304 e. The zero-order valence-corrected chi connectivity index (χ0v) is 11.8. The molecule has 5 nitrogen and oxygen atoms in total. The highest BCUT2D eigenvalue weighted by Gasteiger charge is 2.31. The summed E-state index contributed by atoms with van der Waals surface area (Å²) in [5.74, 6) is 0.00413. The van der Waals surface area contributed by atoms with E-state index in [1.807, 2.05) is 0 Å². The Morgan fingerprint density at radius 3 is 2.42 bits per heavy atom. The van der Waals surface area contributed by atoms with E-state index in [9.17, 15) is 4.79 Å². The molecule has 1 aromatic carbocycles. The number of methoxy groups -OCH3 is 2. The van der Waals surface area contributed by atoms with E-state index in [0.717, 1.165) is 5.56 Å². The van der Waals surface area contributed by atoms with Crippen molar-refractivity contribution in [1.29, 1.82) is 0 Å². The van der Waals surface area contributed by atoms with Crippen molar-refractivity contribution in [2.24, 2.45) is 5.73 Å². The molecule has 1 rings (SSSR count). The first-order chi connectivity index (χ1) is 8.79. The summed E-state index contributed by atoms with van der Waals surface area (Å²) in [6.45, 7) is 3.61. The van der Waals surface area contributed by atoms with Gasteiger partial charge in [-0.15, -0.1) is 0 Å². The Morgan fingerprint density at radius 2 is 2.00 bits per heavy atom. The fourth-order valence-electron chi connectivity index (χ4n) is 2.06. The van der Waals surface area contributed by atoms with E-state index < -0.39 is 11.5 Å². The Labute approximate surface area is 113 Å². The first-order valence-corrected chi connectivity index (χ1v) is 6.02. The van der Waals surface area contributed by atoms with Gasteiger partial charge in [-0.2, -0.15) is 0 Å². The van der Waals surface area contributed by atoms with Gasteiger partial charge in [-0.25, -0.2) is 0 Å². The zero-order valence-electron chi connectivity index (χ0n) is 11.8. The monoisotopic (exact) mass is 267 g/mol. The van der Waals surface area contributed by atoms with Crippen LogP contribution in [0.5, 0.6) is 11.5 Å². The standard InChI is InChI=1S/C14H21NO4/c1-14(2,15)11(8-13(16)17)10-7-9(18-3)5-6-12(10)19-4/h5-7,11H,8,15H2,1-4H3,(H,16,17). The van der Waals surface area contributed by atoms with E-state index in [1.54, 1.807) is 46.3 Å². The lowest BCUT2D eigenvalue weighted by atomic mass is 9.80. The van der Waals surface area contributed by atoms with Crippen LogP contribution in [0.15, 0.2) is 18.2 Å². The summed E-state index contributed by atoms with van der Waals surface area (Å²) in [6.07, 6.45) is -0.0625. The Kier molecular flexibility index (Phi) is 4.78. The summed E-state index contributed by atoms with van der Waals surface area (Å²) in [5, 5.41) is 9.07. The molecule has 0 radical (unpaired) electrons. The fraction of sp³-hybridized carbons (Fsp3) is 0.500. The van der Waals surface area contributed by atoms with Crippen LogP contribution < -0.4 is 15.2 Å². The van der Waals surface area contributed by atoms with Crippen molar-refractivity contribution in [2.45, 2.75) is 31.7 Å². The fourth-order valence-corrected chi connectivity index (χ4v) is 2.06. The van der Waals surface area contributed by atoms with Gasteiger partial charge in [0.1, 0.15) is 11.5 Å². The number of carboxylic acid groups (broad SMARTS) is 1. The topological polar surface area (TPSA) is 81.8 Å². The number of ether oxygens (including phenoxy) is 2. The summed E-state index contributed by atoms with van der Waals surface area (Å²) in [7, 11) is 3.11. The van der Waals surface area contributed by atoms with Crippen LogP contribution in [-0.2, 0) is 4.79 Å². The highest BCUT2D eigenvalue weighted by atomic mass is 16.5. The van der Waals surface area contributed by atoms with Crippen molar-refractivity contribution in [3.05, 3.63) is 23.8 Å². The van der Waals surface area contributed by atoms with Gasteiger partial charge in [-0.1, -0.05) is 0 Å². The van der Waals surface area contributed by atoms with Crippen molar-refractivity contribution in [1.82, 2.24) is 0 Å². The molecule has 0 fully saturated rings. The predicted octanol–water partition coefficient (Wildman–Crippen LogP) is 2.00. The van der Waals surface area contributed by atoms with Crippen LogP contribution in [0.4, 0.5) is 0 Å². The zero-order chi connectivity index (χ0) is 14.6. The van der Waals surface area contributed by atoms with E-state index in [4.69, 9.17) is 20.3 Å². The third-order valence-corrected chi connectivity index (χ3v) is 3.09. The Balaban J connectivity index is 3.30. The normalized spacial score (nSPS) is 12.9. The van der Waals surface area contributed by atoms with Crippen LogP contribution in [0.25, 0.3) is 0 Å². The molecular formula is C14H21NO4. The molecule has 1 atom stereocenters. The average molecular weight is 267 g/mol. The molecule has 1 aromatic rings. The number of carboxylic acids is 1. The second kappa shape index (κ2) is 5.93. The van der Waals surface area contributed by atoms with Gasteiger partial charge in [-0.3, -0.25) is 4.79 Å². The van der Waals surface area contributed by atoms with Gasteiger partial charge in [-0.05, 0) is 32.0 Å².